The molecule has 0 radical (unpaired) electrons. The van der Waals surface area contributed by atoms with Gasteiger partial charge in [0.05, 0.1) is 13.2 Å². The lowest BCUT2D eigenvalue weighted by Crippen LogP contribution is -2.15. The van der Waals surface area contributed by atoms with Crippen LogP contribution in [0.5, 0.6) is 0 Å². The van der Waals surface area contributed by atoms with Crippen LogP contribution in [0.4, 0.5) is 0 Å². The van der Waals surface area contributed by atoms with Crippen LogP contribution in [0.15, 0.2) is 24.5 Å². The summed E-state index contributed by atoms with van der Waals surface area (Å²) in [7, 11) is 1.69. The van der Waals surface area contributed by atoms with E-state index in [9.17, 15) is 0 Å². The molecule has 4 heteroatoms. The first-order valence-electron chi connectivity index (χ1n) is 6.10. The van der Waals surface area contributed by atoms with E-state index in [-0.39, 0.29) is 0 Å². The number of pyridine rings is 1. The Morgan fingerprint density at radius 1 is 1.12 bits per heavy atom. The molecule has 1 rings (SSSR count). The molecule has 0 spiro atoms. The monoisotopic (exact) mass is 238 g/mol. The predicted octanol–water partition coefficient (Wildman–Crippen LogP) is 1.61. The Hall–Kier alpha value is -0.970. The van der Waals surface area contributed by atoms with Crippen molar-refractivity contribution >= 4 is 0 Å². The van der Waals surface area contributed by atoms with Crippen molar-refractivity contribution in [1.29, 1.82) is 0 Å². The third-order valence-electron chi connectivity index (χ3n) is 2.40. The summed E-state index contributed by atoms with van der Waals surface area (Å²) in [5, 5.41) is 3.40. The second kappa shape index (κ2) is 10.2. The number of hydrogen-bond donors (Lipinski definition) is 1. The van der Waals surface area contributed by atoms with Gasteiger partial charge in [-0.1, -0.05) is 0 Å². The van der Waals surface area contributed by atoms with Gasteiger partial charge in [0.15, 0.2) is 0 Å². The molecule has 17 heavy (non-hydrogen) atoms. The SMILES string of the molecule is COCCOCCCCNCc1ccncc1. The maximum Gasteiger partial charge on any atom is 0.0700 e. The highest BCUT2D eigenvalue weighted by atomic mass is 16.5. The molecule has 1 aromatic heterocycles. The quantitative estimate of drug-likeness (QED) is 0.629. The van der Waals surface area contributed by atoms with Gasteiger partial charge in [-0.25, -0.2) is 0 Å². The van der Waals surface area contributed by atoms with Gasteiger partial charge in [0, 0.05) is 32.7 Å². The lowest BCUT2D eigenvalue weighted by molar-refractivity contribution is 0.0688. The Morgan fingerprint density at radius 2 is 1.94 bits per heavy atom. The average molecular weight is 238 g/mol. The zero-order chi connectivity index (χ0) is 12.2. The van der Waals surface area contributed by atoms with E-state index >= 15 is 0 Å². The van der Waals surface area contributed by atoms with E-state index in [0.717, 1.165) is 32.5 Å². The lowest BCUT2D eigenvalue weighted by atomic mass is 10.2. The maximum absolute atomic E-state index is 5.38. The van der Waals surface area contributed by atoms with Crippen LogP contribution in [0.1, 0.15) is 18.4 Å². The van der Waals surface area contributed by atoms with Crippen LogP contribution in [-0.4, -0.2) is 38.5 Å². The van der Waals surface area contributed by atoms with E-state index in [4.69, 9.17) is 9.47 Å². The van der Waals surface area contributed by atoms with Crippen molar-refractivity contribution in [2.45, 2.75) is 19.4 Å². The molecule has 0 saturated heterocycles. The first kappa shape index (κ1) is 14.1. The van der Waals surface area contributed by atoms with Gasteiger partial charge in [0.2, 0.25) is 0 Å². The van der Waals surface area contributed by atoms with Gasteiger partial charge in [0.1, 0.15) is 0 Å². The van der Waals surface area contributed by atoms with Gasteiger partial charge < -0.3 is 14.8 Å². The van der Waals surface area contributed by atoms with Gasteiger partial charge in [0.25, 0.3) is 0 Å². The van der Waals surface area contributed by atoms with Crippen molar-refractivity contribution in [1.82, 2.24) is 10.3 Å². The van der Waals surface area contributed by atoms with E-state index in [1.807, 2.05) is 24.5 Å². The molecule has 0 aromatic carbocycles. The summed E-state index contributed by atoms with van der Waals surface area (Å²) in [6, 6.07) is 4.06. The number of rotatable bonds is 10. The maximum atomic E-state index is 5.38. The Bertz CT molecular complexity index is 267. The van der Waals surface area contributed by atoms with Gasteiger partial charge in [-0.3, -0.25) is 4.98 Å². The lowest BCUT2D eigenvalue weighted by Gasteiger charge is -2.05. The number of nitrogens with zero attached hydrogens (tertiary/aromatic N) is 1. The highest BCUT2D eigenvalue weighted by molar-refractivity contribution is 5.08. The van der Waals surface area contributed by atoms with Crippen LogP contribution in [0, 0.1) is 0 Å². The topological polar surface area (TPSA) is 43.4 Å². The summed E-state index contributed by atoms with van der Waals surface area (Å²) in [6.07, 6.45) is 5.87. The summed E-state index contributed by atoms with van der Waals surface area (Å²) in [4.78, 5) is 3.98. The van der Waals surface area contributed by atoms with Crippen LogP contribution >= 0.6 is 0 Å². The van der Waals surface area contributed by atoms with Crippen LogP contribution in [-0.2, 0) is 16.0 Å². The molecule has 0 fully saturated rings. The third kappa shape index (κ3) is 7.85. The van der Waals surface area contributed by atoms with Gasteiger partial charge in [-0.2, -0.15) is 0 Å². The average Bonchev–Trinajstić information content (AvgIpc) is 2.38. The standard InChI is InChI=1S/C13H22N2O2/c1-16-10-11-17-9-3-2-6-15-12-13-4-7-14-8-5-13/h4-5,7-8,15H,2-3,6,9-12H2,1H3. The molecule has 0 bridgehead atoms. The summed E-state index contributed by atoms with van der Waals surface area (Å²) >= 11 is 0. The molecular weight excluding hydrogens is 216 g/mol. The smallest absolute Gasteiger partial charge is 0.0700 e. The number of methoxy groups -OCH3 is 1. The van der Waals surface area contributed by atoms with Crippen molar-refractivity contribution in [3.05, 3.63) is 30.1 Å². The summed E-state index contributed by atoms with van der Waals surface area (Å²) in [5.41, 5.74) is 1.27. The minimum absolute atomic E-state index is 0.681. The van der Waals surface area contributed by atoms with Crippen LogP contribution in [0.2, 0.25) is 0 Å². The van der Waals surface area contributed by atoms with E-state index < -0.39 is 0 Å². The van der Waals surface area contributed by atoms with Crippen molar-refractivity contribution in [2.24, 2.45) is 0 Å². The summed E-state index contributed by atoms with van der Waals surface area (Å²) in [6.45, 7) is 4.13. The summed E-state index contributed by atoms with van der Waals surface area (Å²) < 4.78 is 10.3. The van der Waals surface area contributed by atoms with Crippen molar-refractivity contribution < 1.29 is 9.47 Å². The second-order valence-corrected chi connectivity index (χ2v) is 3.84. The molecule has 1 N–H and O–H groups in total. The highest BCUT2D eigenvalue weighted by Crippen LogP contribution is 1.95. The van der Waals surface area contributed by atoms with E-state index in [0.29, 0.717) is 13.2 Å². The molecule has 0 aliphatic rings. The number of unbranched alkanes of at least 4 members (excludes halogenated alkanes) is 1. The van der Waals surface area contributed by atoms with Gasteiger partial charge in [-0.15, -0.1) is 0 Å². The minimum Gasteiger partial charge on any atom is -0.382 e. The van der Waals surface area contributed by atoms with E-state index in [1.54, 1.807) is 7.11 Å². The molecule has 1 aromatic rings. The normalized spacial score (nSPS) is 10.6. The fraction of sp³-hybridized carbons (Fsp3) is 0.615. The predicted molar refractivity (Wildman–Crippen MR) is 67.9 cm³/mol. The number of aromatic nitrogens is 1. The molecule has 0 aliphatic carbocycles. The fourth-order valence-electron chi connectivity index (χ4n) is 1.43. The fourth-order valence-corrected chi connectivity index (χ4v) is 1.43. The second-order valence-electron chi connectivity index (χ2n) is 3.84. The Balaban J connectivity index is 1.85. The Kier molecular flexibility index (Phi) is 8.46. The molecule has 4 nitrogen and oxygen atoms in total. The molecule has 96 valence electrons. The molecular formula is C13H22N2O2. The van der Waals surface area contributed by atoms with E-state index in [1.165, 1.54) is 5.56 Å². The molecule has 0 aliphatic heterocycles. The van der Waals surface area contributed by atoms with Crippen LogP contribution in [0.3, 0.4) is 0 Å². The zero-order valence-electron chi connectivity index (χ0n) is 10.5. The Morgan fingerprint density at radius 3 is 2.71 bits per heavy atom. The highest BCUT2D eigenvalue weighted by Gasteiger charge is 1.92. The van der Waals surface area contributed by atoms with Crippen molar-refractivity contribution in [3.8, 4) is 0 Å². The van der Waals surface area contributed by atoms with Crippen molar-refractivity contribution in [3.63, 3.8) is 0 Å². The molecule has 1 heterocycles. The number of hydrogen-bond acceptors (Lipinski definition) is 4. The van der Waals surface area contributed by atoms with Crippen LogP contribution < -0.4 is 5.32 Å². The Labute approximate surface area is 103 Å². The van der Waals surface area contributed by atoms with Crippen LogP contribution in [0.25, 0.3) is 0 Å². The zero-order valence-corrected chi connectivity index (χ0v) is 10.5. The largest absolute Gasteiger partial charge is 0.382 e. The number of ether oxygens (including phenoxy) is 2. The molecule has 0 atom stereocenters. The van der Waals surface area contributed by atoms with E-state index in [2.05, 4.69) is 10.3 Å². The molecule has 0 saturated carbocycles. The first-order chi connectivity index (χ1) is 8.43. The summed E-state index contributed by atoms with van der Waals surface area (Å²) in [5.74, 6) is 0. The minimum atomic E-state index is 0.681. The molecule has 0 unspecified atom stereocenters. The molecule has 0 amide bonds. The van der Waals surface area contributed by atoms with Gasteiger partial charge in [-0.05, 0) is 37.1 Å². The van der Waals surface area contributed by atoms with Gasteiger partial charge >= 0.3 is 0 Å². The van der Waals surface area contributed by atoms with Crippen molar-refractivity contribution in [2.75, 3.05) is 33.5 Å². The first-order valence-corrected chi connectivity index (χ1v) is 6.10. The third-order valence-corrected chi connectivity index (χ3v) is 2.40. The number of nitrogens with one attached hydrogen (secondary N) is 1.